The Hall–Kier alpha value is -2.28. The van der Waals surface area contributed by atoms with E-state index in [0.29, 0.717) is 28.9 Å². The third-order valence-corrected chi connectivity index (χ3v) is 3.47. The van der Waals surface area contributed by atoms with Crippen molar-refractivity contribution in [2.24, 2.45) is 0 Å². The fourth-order valence-corrected chi connectivity index (χ4v) is 2.43. The van der Waals surface area contributed by atoms with E-state index in [1.54, 1.807) is 25.7 Å². The first-order valence-electron chi connectivity index (χ1n) is 6.40. The number of anilines is 2. The quantitative estimate of drug-likeness (QED) is 0.858. The van der Waals surface area contributed by atoms with E-state index in [0.717, 1.165) is 5.69 Å². The van der Waals surface area contributed by atoms with Gasteiger partial charge < -0.3 is 20.1 Å². The maximum atomic E-state index is 11.7. The van der Waals surface area contributed by atoms with E-state index in [4.69, 9.17) is 9.47 Å². The molecule has 6 nitrogen and oxygen atoms in total. The second-order valence-corrected chi connectivity index (χ2v) is 4.95. The van der Waals surface area contributed by atoms with Crippen LogP contribution in [0.15, 0.2) is 23.6 Å². The SMILES string of the molecule is CCNC(=O)c1csc(Nc2ccc(OC)c(OC)c2)n1. The van der Waals surface area contributed by atoms with Crippen molar-refractivity contribution in [3.05, 3.63) is 29.3 Å². The molecular formula is C14H17N3O3S. The fraction of sp³-hybridized carbons (Fsp3) is 0.286. The monoisotopic (exact) mass is 307 g/mol. The normalized spacial score (nSPS) is 10.0. The number of amides is 1. The molecule has 1 amide bonds. The van der Waals surface area contributed by atoms with Crippen LogP contribution in [0.4, 0.5) is 10.8 Å². The molecule has 0 atom stereocenters. The molecule has 2 aromatic rings. The summed E-state index contributed by atoms with van der Waals surface area (Å²) in [7, 11) is 3.17. The van der Waals surface area contributed by atoms with E-state index in [2.05, 4.69) is 15.6 Å². The summed E-state index contributed by atoms with van der Waals surface area (Å²) in [6.07, 6.45) is 0. The van der Waals surface area contributed by atoms with Gasteiger partial charge in [-0.1, -0.05) is 0 Å². The highest BCUT2D eigenvalue weighted by Gasteiger charge is 2.10. The van der Waals surface area contributed by atoms with Crippen molar-refractivity contribution in [2.75, 3.05) is 26.1 Å². The van der Waals surface area contributed by atoms with Gasteiger partial charge in [0.1, 0.15) is 5.69 Å². The minimum absolute atomic E-state index is 0.172. The summed E-state index contributed by atoms with van der Waals surface area (Å²) in [4.78, 5) is 15.9. The molecule has 1 aromatic heterocycles. The van der Waals surface area contributed by atoms with Gasteiger partial charge in [0.15, 0.2) is 16.6 Å². The second kappa shape index (κ2) is 6.94. The van der Waals surface area contributed by atoms with Crippen molar-refractivity contribution in [1.82, 2.24) is 10.3 Å². The third-order valence-electron chi connectivity index (χ3n) is 2.71. The number of nitrogens with zero attached hydrogens (tertiary/aromatic N) is 1. The predicted octanol–water partition coefficient (Wildman–Crippen LogP) is 2.65. The van der Waals surface area contributed by atoms with Gasteiger partial charge in [0, 0.05) is 23.7 Å². The van der Waals surface area contributed by atoms with E-state index in [-0.39, 0.29) is 5.91 Å². The van der Waals surface area contributed by atoms with Crippen LogP contribution in [0.2, 0.25) is 0 Å². The molecule has 0 unspecified atom stereocenters. The van der Waals surface area contributed by atoms with E-state index in [1.165, 1.54) is 11.3 Å². The maximum absolute atomic E-state index is 11.7. The average molecular weight is 307 g/mol. The van der Waals surface area contributed by atoms with Crippen LogP contribution in [-0.2, 0) is 0 Å². The minimum Gasteiger partial charge on any atom is -0.493 e. The molecule has 0 bridgehead atoms. The summed E-state index contributed by atoms with van der Waals surface area (Å²) < 4.78 is 10.4. The molecule has 1 aromatic carbocycles. The summed E-state index contributed by atoms with van der Waals surface area (Å²) in [5, 5.41) is 8.21. The van der Waals surface area contributed by atoms with E-state index in [9.17, 15) is 4.79 Å². The average Bonchev–Trinajstić information content (AvgIpc) is 2.96. The first kappa shape index (κ1) is 15.1. The molecule has 2 N–H and O–H groups in total. The Bertz CT molecular complexity index is 628. The fourth-order valence-electron chi connectivity index (χ4n) is 1.72. The molecule has 0 radical (unpaired) electrons. The molecule has 7 heteroatoms. The standard InChI is InChI=1S/C14H17N3O3S/c1-4-15-13(18)10-8-21-14(17-10)16-9-5-6-11(19-2)12(7-9)20-3/h5-8H,4H2,1-3H3,(H,15,18)(H,16,17). The van der Waals surface area contributed by atoms with Gasteiger partial charge in [-0.2, -0.15) is 0 Å². The Balaban J connectivity index is 2.13. The molecule has 0 saturated heterocycles. The highest BCUT2D eigenvalue weighted by molar-refractivity contribution is 7.14. The highest BCUT2D eigenvalue weighted by Crippen LogP contribution is 2.31. The van der Waals surface area contributed by atoms with Crippen LogP contribution >= 0.6 is 11.3 Å². The molecule has 1 heterocycles. The van der Waals surface area contributed by atoms with Crippen molar-refractivity contribution in [2.45, 2.75) is 6.92 Å². The van der Waals surface area contributed by atoms with Gasteiger partial charge in [0.05, 0.1) is 14.2 Å². The molecule has 0 spiro atoms. The van der Waals surface area contributed by atoms with Gasteiger partial charge in [-0.05, 0) is 19.1 Å². The van der Waals surface area contributed by atoms with Crippen molar-refractivity contribution < 1.29 is 14.3 Å². The Labute approximate surface area is 127 Å². The number of thiazole rings is 1. The lowest BCUT2D eigenvalue weighted by Gasteiger charge is -2.09. The Kier molecular flexibility index (Phi) is 4.99. The zero-order valence-electron chi connectivity index (χ0n) is 12.1. The van der Waals surface area contributed by atoms with Gasteiger partial charge in [-0.3, -0.25) is 4.79 Å². The highest BCUT2D eigenvalue weighted by atomic mass is 32.1. The Morgan fingerprint density at radius 1 is 1.29 bits per heavy atom. The largest absolute Gasteiger partial charge is 0.493 e. The van der Waals surface area contributed by atoms with Crippen molar-refractivity contribution in [3.63, 3.8) is 0 Å². The minimum atomic E-state index is -0.172. The Morgan fingerprint density at radius 3 is 2.71 bits per heavy atom. The zero-order valence-corrected chi connectivity index (χ0v) is 12.9. The lowest BCUT2D eigenvalue weighted by Crippen LogP contribution is -2.22. The lowest BCUT2D eigenvalue weighted by molar-refractivity contribution is 0.0951. The second-order valence-electron chi connectivity index (χ2n) is 4.09. The Morgan fingerprint density at radius 2 is 2.05 bits per heavy atom. The molecule has 0 saturated carbocycles. The van der Waals surface area contributed by atoms with Crippen LogP contribution < -0.4 is 20.1 Å². The summed E-state index contributed by atoms with van der Waals surface area (Å²) in [6, 6.07) is 5.47. The molecule has 0 aliphatic heterocycles. The summed E-state index contributed by atoms with van der Waals surface area (Å²) in [5.41, 5.74) is 1.22. The van der Waals surface area contributed by atoms with Crippen LogP contribution in [0.3, 0.4) is 0 Å². The van der Waals surface area contributed by atoms with E-state index >= 15 is 0 Å². The topological polar surface area (TPSA) is 72.5 Å². The zero-order chi connectivity index (χ0) is 15.2. The molecule has 0 aliphatic rings. The van der Waals surface area contributed by atoms with Crippen LogP contribution in [0.25, 0.3) is 0 Å². The van der Waals surface area contributed by atoms with Crippen LogP contribution in [0.5, 0.6) is 11.5 Å². The first-order chi connectivity index (χ1) is 10.2. The van der Waals surface area contributed by atoms with Crippen LogP contribution in [0, 0.1) is 0 Å². The number of rotatable bonds is 6. The van der Waals surface area contributed by atoms with Crippen molar-refractivity contribution >= 4 is 28.1 Å². The van der Waals surface area contributed by atoms with Gasteiger partial charge in [0.25, 0.3) is 5.91 Å². The maximum Gasteiger partial charge on any atom is 0.270 e. The van der Waals surface area contributed by atoms with Gasteiger partial charge in [0.2, 0.25) is 0 Å². The smallest absolute Gasteiger partial charge is 0.270 e. The van der Waals surface area contributed by atoms with Gasteiger partial charge in [-0.15, -0.1) is 11.3 Å². The van der Waals surface area contributed by atoms with E-state index in [1.807, 2.05) is 19.1 Å². The molecule has 2 rings (SSSR count). The number of ether oxygens (including phenoxy) is 2. The molecule has 0 aliphatic carbocycles. The van der Waals surface area contributed by atoms with Gasteiger partial charge >= 0.3 is 0 Å². The van der Waals surface area contributed by atoms with E-state index < -0.39 is 0 Å². The molecular weight excluding hydrogens is 290 g/mol. The van der Waals surface area contributed by atoms with Crippen LogP contribution in [0.1, 0.15) is 17.4 Å². The number of benzene rings is 1. The summed E-state index contributed by atoms with van der Waals surface area (Å²) in [5.74, 6) is 1.11. The van der Waals surface area contributed by atoms with Gasteiger partial charge in [-0.25, -0.2) is 4.98 Å². The molecule has 112 valence electrons. The number of hydrogen-bond donors (Lipinski definition) is 2. The number of hydrogen-bond acceptors (Lipinski definition) is 6. The number of carbonyl (C=O) groups excluding carboxylic acids is 1. The number of nitrogens with one attached hydrogen (secondary N) is 2. The van der Waals surface area contributed by atoms with Crippen molar-refractivity contribution in [3.8, 4) is 11.5 Å². The lowest BCUT2D eigenvalue weighted by atomic mass is 10.3. The molecule has 21 heavy (non-hydrogen) atoms. The number of methoxy groups -OCH3 is 2. The number of carbonyl (C=O) groups is 1. The first-order valence-corrected chi connectivity index (χ1v) is 7.28. The van der Waals surface area contributed by atoms with Crippen molar-refractivity contribution in [1.29, 1.82) is 0 Å². The predicted molar refractivity (Wildman–Crippen MR) is 82.9 cm³/mol. The summed E-state index contributed by atoms with van der Waals surface area (Å²) in [6.45, 7) is 2.45. The third kappa shape index (κ3) is 3.63. The van der Waals surface area contributed by atoms with Crippen LogP contribution in [-0.4, -0.2) is 31.7 Å². The number of aromatic nitrogens is 1. The summed E-state index contributed by atoms with van der Waals surface area (Å²) >= 11 is 1.37. The molecule has 0 fully saturated rings.